The number of halogens is 1. The maximum absolute atomic E-state index is 12.8. The maximum atomic E-state index is 12.8. The van der Waals surface area contributed by atoms with Crippen LogP contribution in [0.1, 0.15) is 24.8 Å². The predicted molar refractivity (Wildman–Crippen MR) is 76.0 cm³/mol. The Hall–Kier alpha value is -1.62. The van der Waals surface area contributed by atoms with E-state index in [1.807, 2.05) is 0 Å². The van der Waals surface area contributed by atoms with Crippen LogP contribution in [0.4, 0.5) is 4.39 Å². The Morgan fingerprint density at radius 1 is 1.35 bits per heavy atom. The molecule has 2 heterocycles. The Balaban J connectivity index is 1.51. The van der Waals surface area contributed by atoms with Crippen molar-refractivity contribution in [3.63, 3.8) is 0 Å². The molecule has 3 unspecified atom stereocenters. The molecule has 3 atom stereocenters. The van der Waals surface area contributed by atoms with Crippen LogP contribution in [0.3, 0.4) is 0 Å². The molecule has 1 aromatic rings. The van der Waals surface area contributed by atoms with Crippen molar-refractivity contribution in [2.75, 3.05) is 7.05 Å². The van der Waals surface area contributed by atoms with Gasteiger partial charge in [0.25, 0.3) is 0 Å². The summed E-state index contributed by atoms with van der Waals surface area (Å²) in [5, 5.41) is 6.67. The van der Waals surface area contributed by atoms with Crippen molar-refractivity contribution < 1.29 is 9.13 Å². The van der Waals surface area contributed by atoms with Gasteiger partial charge in [-0.1, -0.05) is 12.1 Å². The molecule has 0 radical (unpaired) electrons. The van der Waals surface area contributed by atoms with E-state index in [-0.39, 0.29) is 5.82 Å². The Morgan fingerprint density at radius 2 is 2.15 bits per heavy atom. The molecule has 5 heteroatoms. The average molecular weight is 277 g/mol. The summed E-state index contributed by atoms with van der Waals surface area (Å²) in [5.74, 6) is 0.561. The van der Waals surface area contributed by atoms with E-state index in [0.29, 0.717) is 24.8 Å². The standard InChI is InChI=1S/C15H20FN3O/c1-17-15(18-9-10-2-4-11(16)5-3-10)19-13-8-12-6-7-14(13)20-12/h2-5,12-14H,6-9H2,1H3,(H2,17,18,19). The fraction of sp³-hybridized carbons (Fsp3) is 0.533. The van der Waals surface area contributed by atoms with Crippen molar-refractivity contribution in [2.45, 2.75) is 44.1 Å². The summed E-state index contributed by atoms with van der Waals surface area (Å²) in [5.41, 5.74) is 1.03. The summed E-state index contributed by atoms with van der Waals surface area (Å²) in [4.78, 5) is 4.23. The SMILES string of the molecule is CN=C(NCc1ccc(F)cc1)NC1CC2CCC1O2. The smallest absolute Gasteiger partial charge is 0.191 e. The van der Waals surface area contributed by atoms with Crippen molar-refractivity contribution in [3.05, 3.63) is 35.6 Å². The van der Waals surface area contributed by atoms with Gasteiger partial charge in [-0.25, -0.2) is 4.39 Å². The number of aliphatic imine (C=N–C) groups is 1. The highest BCUT2D eigenvalue weighted by atomic mass is 19.1. The number of nitrogens with zero attached hydrogens (tertiary/aromatic N) is 1. The van der Waals surface area contributed by atoms with Gasteiger partial charge in [0.1, 0.15) is 5.82 Å². The summed E-state index contributed by atoms with van der Waals surface area (Å²) >= 11 is 0. The Kier molecular flexibility index (Phi) is 3.87. The first-order valence-corrected chi connectivity index (χ1v) is 7.11. The topological polar surface area (TPSA) is 45.7 Å². The molecule has 0 aliphatic carbocycles. The fourth-order valence-electron chi connectivity index (χ4n) is 2.95. The second-order valence-corrected chi connectivity index (χ2v) is 5.41. The quantitative estimate of drug-likeness (QED) is 0.654. The molecular formula is C15H20FN3O. The molecule has 2 aliphatic rings. The molecule has 20 heavy (non-hydrogen) atoms. The first kappa shape index (κ1) is 13.4. The van der Waals surface area contributed by atoms with E-state index in [1.54, 1.807) is 19.2 Å². The van der Waals surface area contributed by atoms with E-state index in [1.165, 1.54) is 18.6 Å². The number of guanidine groups is 1. The van der Waals surface area contributed by atoms with Crippen molar-refractivity contribution in [1.82, 2.24) is 10.6 Å². The predicted octanol–water partition coefficient (Wildman–Crippen LogP) is 1.81. The van der Waals surface area contributed by atoms with E-state index in [2.05, 4.69) is 15.6 Å². The molecule has 1 aromatic carbocycles. The monoisotopic (exact) mass is 277 g/mol. The van der Waals surface area contributed by atoms with Crippen LogP contribution in [0.15, 0.2) is 29.3 Å². The number of ether oxygens (including phenoxy) is 1. The van der Waals surface area contributed by atoms with Gasteiger partial charge >= 0.3 is 0 Å². The van der Waals surface area contributed by atoms with Crippen LogP contribution in [0.2, 0.25) is 0 Å². The average Bonchev–Trinajstić information content (AvgIpc) is 3.07. The fourth-order valence-corrected chi connectivity index (χ4v) is 2.95. The first-order valence-electron chi connectivity index (χ1n) is 7.11. The minimum absolute atomic E-state index is 0.213. The van der Waals surface area contributed by atoms with E-state index in [4.69, 9.17) is 4.74 Å². The third-order valence-corrected chi connectivity index (χ3v) is 4.02. The van der Waals surface area contributed by atoms with Crippen molar-refractivity contribution >= 4 is 5.96 Å². The molecule has 108 valence electrons. The summed E-state index contributed by atoms with van der Waals surface area (Å²) in [7, 11) is 1.76. The van der Waals surface area contributed by atoms with E-state index in [9.17, 15) is 4.39 Å². The summed E-state index contributed by atoms with van der Waals surface area (Å²) < 4.78 is 18.7. The van der Waals surface area contributed by atoms with Gasteiger partial charge in [0.2, 0.25) is 0 Å². The molecule has 2 aliphatic heterocycles. The van der Waals surface area contributed by atoms with Crippen LogP contribution >= 0.6 is 0 Å². The number of fused-ring (bicyclic) bond motifs is 2. The molecule has 2 bridgehead atoms. The molecule has 3 rings (SSSR count). The zero-order chi connectivity index (χ0) is 13.9. The summed E-state index contributed by atoms with van der Waals surface area (Å²) in [6, 6.07) is 6.84. The Morgan fingerprint density at radius 3 is 2.75 bits per heavy atom. The van der Waals surface area contributed by atoms with Crippen molar-refractivity contribution in [2.24, 2.45) is 4.99 Å². The van der Waals surface area contributed by atoms with Gasteiger partial charge in [0.05, 0.1) is 18.2 Å². The molecule has 4 nitrogen and oxygen atoms in total. The van der Waals surface area contributed by atoms with Crippen LogP contribution in [-0.4, -0.2) is 31.3 Å². The van der Waals surface area contributed by atoms with E-state index >= 15 is 0 Å². The minimum Gasteiger partial charge on any atom is -0.373 e. The lowest BCUT2D eigenvalue weighted by Gasteiger charge is -2.22. The second kappa shape index (κ2) is 5.79. The molecule has 0 spiro atoms. The highest BCUT2D eigenvalue weighted by molar-refractivity contribution is 5.80. The number of nitrogens with one attached hydrogen (secondary N) is 2. The second-order valence-electron chi connectivity index (χ2n) is 5.41. The van der Waals surface area contributed by atoms with Crippen molar-refractivity contribution in [1.29, 1.82) is 0 Å². The summed E-state index contributed by atoms with van der Waals surface area (Å²) in [6.07, 6.45) is 4.13. The van der Waals surface area contributed by atoms with Gasteiger partial charge in [0.15, 0.2) is 5.96 Å². The van der Waals surface area contributed by atoms with Crippen LogP contribution < -0.4 is 10.6 Å². The van der Waals surface area contributed by atoms with Gasteiger partial charge in [0, 0.05) is 13.6 Å². The van der Waals surface area contributed by atoms with Gasteiger partial charge < -0.3 is 15.4 Å². The number of hydrogen-bond donors (Lipinski definition) is 2. The number of rotatable bonds is 3. The van der Waals surface area contributed by atoms with Gasteiger partial charge in [-0.05, 0) is 37.0 Å². The van der Waals surface area contributed by atoms with Gasteiger partial charge in [-0.15, -0.1) is 0 Å². The zero-order valence-electron chi connectivity index (χ0n) is 11.6. The highest BCUT2D eigenvalue weighted by Gasteiger charge is 2.41. The summed E-state index contributed by atoms with van der Waals surface area (Å²) in [6.45, 7) is 0.627. The molecule has 0 aromatic heterocycles. The lowest BCUT2D eigenvalue weighted by atomic mass is 9.96. The maximum Gasteiger partial charge on any atom is 0.191 e. The van der Waals surface area contributed by atoms with Crippen LogP contribution in [-0.2, 0) is 11.3 Å². The third-order valence-electron chi connectivity index (χ3n) is 4.02. The van der Waals surface area contributed by atoms with Gasteiger partial charge in [-0.2, -0.15) is 0 Å². The Labute approximate surface area is 118 Å². The van der Waals surface area contributed by atoms with Crippen molar-refractivity contribution in [3.8, 4) is 0 Å². The molecular weight excluding hydrogens is 257 g/mol. The van der Waals surface area contributed by atoms with Gasteiger partial charge in [-0.3, -0.25) is 4.99 Å². The molecule has 0 amide bonds. The number of benzene rings is 1. The molecule has 2 fully saturated rings. The number of hydrogen-bond acceptors (Lipinski definition) is 2. The zero-order valence-corrected chi connectivity index (χ0v) is 11.6. The highest BCUT2D eigenvalue weighted by Crippen LogP contribution is 2.34. The third kappa shape index (κ3) is 2.93. The lowest BCUT2D eigenvalue weighted by Crippen LogP contribution is -2.47. The lowest BCUT2D eigenvalue weighted by molar-refractivity contribution is 0.0992. The first-order chi connectivity index (χ1) is 9.74. The largest absolute Gasteiger partial charge is 0.373 e. The van der Waals surface area contributed by atoms with Crippen LogP contribution in [0.25, 0.3) is 0 Å². The molecule has 0 saturated carbocycles. The van der Waals surface area contributed by atoms with Crippen LogP contribution in [0.5, 0.6) is 0 Å². The van der Waals surface area contributed by atoms with E-state index in [0.717, 1.165) is 24.4 Å². The normalized spacial score (nSPS) is 28.7. The minimum atomic E-state index is -0.213. The van der Waals surface area contributed by atoms with E-state index < -0.39 is 0 Å². The van der Waals surface area contributed by atoms with Crippen LogP contribution in [0, 0.1) is 5.82 Å². The molecule has 2 N–H and O–H groups in total. The molecule has 2 saturated heterocycles. The Bertz CT molecular complexity index is 488.